The van der Waals surface area contributed by atoms with Crippen molar-refractivity contribution in [2.24, 2.45) is 0 Å². The van der Waals surface area contributed by atoms with E-state index in [1.165, 1.54) is 16.8 Å². The molecule has 0 unspecified atom stereocenters. The molecule has 28 heavy (non-hydrogen) atoms. The third-order valence-electron chi connectivity index (χ3n) is 5.45. The summed E-state index contributed by atoms with van der Waals surface area (Å²) in [5.41, 5.74) is 3.45. The summed E-state index contributed by atoms with van der Waals surface area (Å²) in [6, 6.07) is 1.89. The highest BCUT2D eigenvalue weighted by Crippen LogP contribution is 2.32. The maximum absolute atomic E-state index is 13.2. The smallest absolute Gasteiger partial charge is 0.246 e. The fraction of sp³-hybridized carbons (Fsp3) is 0.389. The van der Waals surface area contributed by atoms with Crippen LogP contribution in [-0.4, -0.2) is 50.2 Å². The van der Waals surface area contributed by atoms with Gasteiger partial charge in [0.05, 0.1) is 23.1 Å². The Morgan fingerprint density at radius 1 is 1.11 bits per heavy atom. The first-order valence-electron chi connectivity index (χ1n) is 9.27. The maximum Gasteiger partial charge on any atom is 0.246 e. The molecular formula is C18H19ClN6O2S. The Morgan fingerprint density at radius 3 is 2.82 bits per heavy atom. The monoisotopic (exact) mass is 418 g/mol. The van der Waals surface area contributed by atoms with E-state index in [0.717, 1.165) is 42.6 Å². The van der Waals surface area contributed by atoms with E-state index in [1.807, 2.05) is 16.8 Å². The summed E-state index contributed by atoms with van der Waals surface area (Å²) in [5, 5.41) is 8.93. The first-order chi connectivity index (χ1) is 13.5. The van der Waals surface area contributed by atoms with Gasteiger partial charge in [0.2, 0.25) is 10.0 Å². The molecule has 2 aliphatic rings. The number of aromatic nitrogens is 5. The Morgan fingerprint density at radius 2 is 2.00 bits per heavy atom. The van der Waals surface area contributed by atoms with Gasteiger partial charge in [-0.15, -0.1) is 0 Å². The zero-order valence-corrected chi connectivity index (χ0v) is 16.7. The Kier molecular flexibility index (Phi) is 4.26. The molecule has 10 heteroatoms. The standard InChI is InChI=1S/C18H19ClN6O2S/c19-15-11-25-18(20-12-22-25)9-14(15)13-4-7-23(8-5-13)28(26,27)17-10-21-24-6-2-1-3-16(17)24/h4,9-12H,1-3,5-8H2. The Balaban J connectivity index is 1.43. The first-order valence-corrected chi connectivity index (χ1v) is 11.1. The minimum Gasteiger partial charge on any atom is -0.268 e. The molecule has 0 spiro atoms. The maximum atomic E-state index is 13.2. The minimum absolute atomic E-state index is 0.316. The van der Waals surface area contributed by atoms with Gasteiger partial charge in [-0.25, -0.2) is 17.9 Å². The summed E-state index contributed by atoms with van der Waals surface area (Å²) in [4.78, 5) is 4.55. The summed E-state index contributed by atoms with van der Waals surface area (Å²) >= 11 is 6.41. The predicted molar refractivity (Wildman–Crippen MR) is 105 cm³/mol. The quantitative estimate of drug-likeness (QED) is 0.652. The summed E-state index contributed by atoms with van der Waals surface area (Å²) in [7, 11) is -3.56. The highest BCUT2D eigenvalue weighted by atomic mass is 35.5. The molecule has 2 aliphatic heterocycles. The lowest BCUT2D eigenvalue weighted by Gasteiger charge is -2.26. The lowest BCUT2D eigenvalue weighted by atomic mass is 10.0. The number of nitrogens with zero attached hydrogens (tertiary/aromatic N) is 6. The van der Waals surface area contributed by atoms with Gasteiger partial charge < -0.3 is 0 Å². The number of fused-ring (bicyclic) bond motifs is 2. The van der Waals surface area contributed by atoms with Crippen LogP contribution in [0.15, 0.2) is 35.8 Å². The fourth-order valence-electron chi connectivity index (χ4n) is 3.94. The van der Waals surface area contributed by atoms with Gasteiger partial charge in [0, 0.05) is 25.2 Å². The highest BCUT2D eigenvalue weighted by molar-refractivity contribution is 7.89. The molecule has 0 atom stereocenters. The van der Waals surface area contributed by atoms with Crippen LogP contribution in [0.4, 0.5) is 0 Å². The SMILES string of the molecule is O=S(=O)(c1cnn2c1CCCC2)N1CC=C(c2cc3ncnn3cc2Cl)CC1. The molecule has 0 aromatic carbocycles. The lowest BCUT2D eigenvalue weighted by Crippen LogP contribution is -2.35. The second-order valence-electron chi connectivity index (χ2n) is 7.08. The van der Waals surface area contributed by atoms with Gasteiger partial charge in [-0.1, -0.05) is 17.7 Å². The van der Waals surface area contributed by atoms with E-state index in [0.29, 0.717) is 35.1 Å². The molecule has 3 aromatic heterocycles. The number of hydrogen-bond acceptors (Lipinski definition) is 5. The third kappa shape index (κ3) is 2.85. The van der Waals surface area contributed by atoms with E-state index in [1.54, 1.807) is 10.7 Å². The predicted octanol–water partition coefficient (Wildman–Crippen LogP) is 2.39. The van der Waals surface area contributed by atoms with Crippen LogP contribution in [0.3, 0.4) is 0 Å². The molecule has 0 fully saturated rings. The zero-order valence-electron chi connectivity index (χ0n) is 15.1. The van der Waals surface area contributed by atoms with Crippen LogP contribution in [-0.2, 0) is 23.0 Å². The van der Waals surface area contributed by atoms with Gasteiger partial charge in [-0.3, -0.25) is 4.68 Å². The highest BCUT2D eigenvalue weighted by Gasteiger charge is 2.31. The van der Waals surface area contributed by atoms with E-state index in [9.17, 15) is 8.42 Å². The molecule has 0 aliphatic carbocycles. The Hall–Kier alpha value is -2.23. The van der Waals surface area contributed by atoms with Crippen molar-refractivity contribution in [2.45, 2.75) is 37.1 Å². The van der Waals surface area contributed by atoms with Gasteiger partial charge in [0.15, 0.2) is 5.65 Å². The van der Waals surface area contributed by atoms with E-state index >= 15 is 0 Å². The molecule has 0 amide bonds. The van der Waals surface area contributed by atoms with Gasteiger partial charge >= 0.3 is 0 Å². The number of halogens is 1. The topological polar surface area (TPSA) is 85.4 Å². The van der Waals surface area contributed by atoms with E-state index in [4.69, 9.17) is 11.6 Å². The van der Waals surface area contributed by atoms with Crippen LogP contribution in [0, 0.1) is 0 Å². The average Bonchev–Trinajstić information content (AvgIpc) is 3.34. The fourth-order valence-corrected chi connectivity index (χ4v) is 5.78. The second-order valence-corrected chi connectivity index (χ2v) is 9.39. The lowest BCUT2D eigenvalue weighted by molar-refractivity contribution is 0.437. The second kappa shape index (κ2) is 6.68. The van der Waals surface area contributed by atoms with Gasteiger partial charge in [-0.2, -0.15) is 14.5 Å². The molecule has 0 radical (unpaired) electrons. The van der Waals surface area contributed by atoms with Crippen LogP contribution < -0.4 is 0 Å². The summed E-state index contributed by atoms with van der Waals surface area (Å²) in [6.07, 6.45) is 10.0. The van der Waals surface area contributed by atoms with Crippen molar-refractivity contribution in [1.29, 1.82) is 0 Å². The Bertz CT molecular complexity index is 1200. The normalized spacial score (nSPS) is 18.2. The van der Waals surface area contributed by atoms with Crippen LogP contribution in [0.5, 0.6) is 0 Å². The number of aryl methyl sites for hydroxylation is 1. The van der Waals surface area contributed by atoms with Crippen molar-refractivity contribution >= 4 is 32.8 Å². The molecule has 0 saturated heterocycles. The minimum atomic E-state index is -3.56. The van der Waals surface area contributed by atoms with Crippen molar-refractivity contribution in [3.05, 3.63) is 47.1 Å². The summed E-state index contributed by atoms with van der Waals surface area (Å²) in [5.74, 6) is 0. The molecule has 0 N–H and O–H groups in total. The zero-order chi connectivity index (χ0) is 19.3. The first kappa shape index (κ1) is 17.8. The number of sulfonamides is 1. The van der Waals surface area contributed by atoms with Crippen molar-refractivity contribution in [3.8, 4) is 0 Å². The van der Waals surface area contributed by atoms with Crippen molar-refractivity contribution in [3.63, 3.8) is 0 Å². The molecular weight excluding hydrogens is 400 g/mol. The largest absolute Gasteiger partial charge is 0.268 e. The molecule has 146 valence electrons. The molecule has 5 heterocycles. The molecule has 3 aromatic rings. The number of hydrogen-bond donors (Lipinski definition) is 0. The molecule has 0 bridgehead atoms. The van der Waals surface area contributed by atoms with Crippen molar-refractivity contribution in [1.82, 2.24) is 28.7 Å². The van der Waals surface area contributed by atoms with Crippen LogP contribution in [0.1, 0.15) is 30.5 Å². The Labute approximate surface area is 167 Å². The molecule has 0 saturated carbocycles. The summed E-state index contributed by atoms with van der Waals surface area (Å²) in [6.45, 7) is 1.52. The van der Waals surface area contributed by atoms with Gasteiger partial charge in [0.1, 0.15) is 11.2 Å². The van der Waals surface area contributed by atoms with Gasteiger partial charge in [0.25, 0.3) is 0 Å². The number of pyridine rings is 1. The molecule has 8 nitrogen and oxygen atoms in total. The third-order valence-corrected chi connectivity index (χ3v) is 7.66. The molecule has 5 rings (SSSR count). The van der Waals surface area contributed by atoms with Crippen LogP contribution in [0.25, 0.3) is 11.2 Å². The van der Waals surface area contributed by atoms with Crippen molar-refractivity contribution < 1.29 is 8.42 Å². The van der Waals surface area contributed by atoms with E-state index < -0.39 is 10.0 Å². The summed E-state index contributed by atoms with van der Waals surface area (Å²) < 4.78 is 31.3. The van der Waals surface area contributed by atoms with Crippen LogP contribution >= 0.6 is 11.6 Å². The average molecular weight is 419 g/mol. The van der Waals surface area contributed by atoms with Crippen LogP contribution in [0.2, 0.25) is 5.02 Å². The van der Waals surface area contributed by atoms with Crippen molar-refractivity contribution in [2.75, 3.05) is 13.1 Å². The van der Waals surface area contributed by atoms with E-state index in [-0.39, 0.29) is 0 Å². The number of rotatable bonds is 3. The van der Waals surface area contributed by atoms with Gasteiger partial charge in [-0.05, 0) is 37.3 Å². The van der Waals surface area contributed by atoms with E-state index in [2.05, 4.69) is 15.2 Å².